The Labute approximate surface area is 547 Å². The fourth-order valence-electron chi connectivity index (χ4n) is 10.2. The van der Waals surface area contributed by atoms with Crippen molar-refractivity contribution in [3.05, 3.63) is 147 Å². The number of nitrogens with zero attached hydrogens (tertiary/aromatic N) is 6. The highest BCUT2D eigenvalue weighted by Gasteiger charge is 2.39. The van der Waals surface area contributed by atoms with E-state index in [1.165, 1.54) is 0 Å². The number of hydrogen-bond acceptors (Lipinski definition) is 21. The van der Waals surface area contributed by atoms with E-state index in [1.54, 1.807) is 83.6 Å². The minimum atomic E-state index is -1.60. The molecule has 6 aromatic rings. The van der Waals surface area contributed by atoms with Crippen molar-refractivity contribution in [3.63, 3.8) is 0 Å². The summed E-state index contributed by atoms with van der Waals surface area (Å²) in [6.07, 6.45) is 6.03. The number of para-hydroxylation sites is 1. The number of pyridine rings is 2. The maximum atomic E-state index is 14.1. The van der Waals surface area contributed by atoms with Crippen molar-refractivity contribution in [3.8, 4) is 22.5 Å². The van der Waals surface area contributed by atoms with Crippen LogP contribution in [0.15, 0.2) is 118 Å². The second-order valence-electron chi connectivity index (χ2n) is 24.2. The van der Waals surface area contributed by atoms with Crippen molar-refractivity contribution in [1.29, 1.82) is 5.53 Å². The van der Waals surface area contributed by atoms with E-state index in [9.17, 15) is 38.1 Å². The maximum absolute atomic E-state index is 14.1. The molecule has 0 radical (unpaired) electrons. The predicted molar refractivity (Wildman–Crippen MR) is 351 cm³/mol. The third-order valence-corrected chi connectivity index (χ3v) is 17.8. The van der Waals surface area contributed by atoms with Crippen LogP contribution < -0.4 is 32.1 Å². The summed E-state index contributed by atoms with van der Waals surface area (Å²) < 4.78 is 43.6. The topological polar surface area (TPSA) is 332 Å². The Hall–Kier alpha value is -8.60. The molecule has 5 heterocycles. The molecule has 25 nitrogen and oxygen atoms in total. The molecule has 2 aliphatic heterocycles. The molecule has 0 bridgehead atoms. The van der Waals surface area contributed by atoms with Gasteiger partial charge in [0.05, 0.1) is 54.4 Å². The van der Waals surface area contributed by atoms with Gasteiger partial charge in [-0.15, -0.1) is 4.31 Å². The zero-order chi connectivity index (χ0) is 67.0. The van der Waals surface area contributed by atoms with Crippen molar-refractivity contribution in [1.82, 2.24) is 45.1 Å². The quantitative estimate of drug-likeness (QED) is 0.00579. The van der Waals surface area contributed by atoms with E-state index >= 15 is 0 Å². The molecule has 0 fully saturated rings. The average molecular weight is 1310 g/mol. The largest absolute Gasteiger partial charge is 0.598 e. The van der Waals surface area contributed by atoms with Gasteiger partial charge in [-0.3, -0.25) is 24.0 Å². The van der Waals surface area contributed by atoms with Crippen LogP contribution in [0.5, 0.6) is 0 Å². The van der Waals surface area contributed by atoms with Gasteiger partial charge in [-0.25, -0.2) is 30.1 Å². The van der Waals surface area contributed by atoms with Crippen LogP contribution in [0.3, 0.4) is 0 Å². The first-order valence-electron chi connectivity index (χ1n) is 30.5. The van der Waals surface area contributed by atoms with Gasteiger partial charge in [0.1, 0.15) is 32.7 Å². The van der Waals surface area contributed by atoms with Crippen LogP contribution in [-0.2, 0) is 80.4 Å². The first-order valence-corrected chi connectivity index (χ1v) is 32.9. The van der Waals surface area contributed by atoms with E-state index in [0.29, 0.717) is 83.8 Å². The van der Waals surface area contributed by atoms with Gasteiger partial charge < -0.3 is 59.4 Å². The van der Waals surface area contributed by atoms with Crippen LogP contribution in [-0.4, -0.2) is 140 Å². The molecule has 3 aromatic carbocycles. The Morgan fingerprint density at radius 3 is 2.33 bits per heavy atom. The average Bonchev–Trinajstić information content (AvgIpc) is 1.60. The minimum Gasteiger partial charge on any atom is -0.598 e. The number of carbonyl (C=O) groups excluding carboxylic acids is 6. The summed E-state index contributed by atoms with van der Waals surface area (Å²) in [6, 6.07) is 22.7. The number of anilines is 1. The van der Waals surface area contributed by atoms with Gasteiger partial charge in [0, 0.05) is 105 Å². The fraction of sp³-hybridized carbons (Fsp3) is 0.424. The zero-order valence-corrected chi connectivity index (χ0v) is 55.3. The molecule has 4 amide bonds. The number of esters is 1. The van der Waals surface area contributed by atoms with Gasteiger partial charge in [0.25, 0.3) is 11.5 Å². The van der Waals surface area contributed by atoms with E-state index in [2.05, 4.69) is 55.5 Å². The summed E-state index contributed by atoms with van der Waals surface area (Å²) in [6.45, 7) is 16.0. The first-order chi connectivity index (χ1) is 44.4. The molecular weight excluding hydrogens is 1230 g/mol. The molecule has 0 spiro atoms. The van der Waals surface area contributed by atoms with Crippen molar-refractivity contribution in [2.45, 2.75) is 123 Å². The molecule has 494 valence electrons. The number of thioether (sulfide) groups is 1. The van der Waals surface area contributed by atoms with Gasteiger partial charge >= 0.3 is 12.1 Å². The van der Waals surface area contributed by atoms with E-state index in [-0.39, 0.29) is 54.8 Å². The Bertz CT molecular complexity index is 3760. The molecule has 6 N–H and O–H groups in total. The molecule has 2 unspecified atom stereocenters. The number of benzene rings is 3. The Morgan fingerprint density at radius 1 is 0.914 bits per heavy atom. The fourth-order valence-corrected chi connectivity index (χ4v) is 11.9. The normalized spacial score (nSPS) is 14.3. The van der Waals surface area contributed by atoms with E-state index < -0.39 is 78.2 Å². The van der Waals surface area contributed by atoms with E-state index in [0.717, 1.165) is 39.2 Å². The number of rotatable bonds is 32. The number of carbonyl (C=O) groups is 6. The minimum absolute atomic E-state index is 0.0329. The highest BCUT2D eigenvalue weighted by atomic mass is 32.2. The van der Waals surface area contributed by atoms with Crippen molar-refractivity contribution >= 4 is 75.5 Å². The SMILES string of the molecule is CCC(C)Sc1ncc(-c2ccc(C(=O)NC/C(=C/NCC(C)(C)COCCC(C)(C)NC(=O)COCC(=O)NCC(=O)Nc3ccc(COC(=O)O[C@@H]4C(=O)OCc5c4cc4n(c5=O)Cc5c-4nc4ccccc4c5CCN(C(C)C)[S+](C)[O-])cc3)N=N)cc2)cn1. The van der Waals surface area contributed by atoms with Crippen molar-refractivity contribution in [2.75, 3.05) is 64.2 Å². The Kier molecular flexibility index (Phi) is 24.4. The number of ether oxygens (including phenoxy) is 5. The number of nitrogens with one attached hydrogen (secondary N) is 6. The van der Waals surface area contributed by atoms with Gasteiger partial charge in [0.2, 0.25) is 23.8 Å². The molecule has 2 aliphatic rings. The van der Waals surface area contributed by atoms with Crippen LogP contribution in [0, 0.1) is 10.9 Å². The number of amides is 4. The third-order valence-electron chi connectivity index (χ3n) is 15.4. The Balaban J connectivity index is 0.696. The van der Waals surface area contributed by atoms with Crippen LogP contribution in [0.1, 0.15) is 113 Å². The lowest BCUT2D eigenvalue weighted by molar-refractivity contribution is -0.159. The summed E-state index contributed by atoms with van der Waals surface area (Å²) in [4.78, 5) is 105. The van der Waals surface area contributed by atoms with E-state index in [4.69, 9.17) is 34.2 Å². The van der Waals surface area contributed by atoms with Gasteiger partial charge in [-0.2, -0.15) is 5.11 Å². The summed E-state index contributed by atoms with van der Waals surface area (Å²) in [5, 5.41) is 19.6. The monoisotopic (exact) mass is 1310 g/mol. The first kappa shape index (κ1) is 70.3. The molecule has 27 heteroatoms. The summed E-state index contributed by atoms with van der Waals surface area (Å²) in [5.41, 5.74) is 13.4. The summed E-state index contributed by atoms with van der Waals surface area (Å²) in [5.74, 6) is -2.81. The smallest absolute Gasteiger partial charge is 0.509 e. The van der Waals surface area contributed by atoms with Gasteiger partial charge in [-0.05, 0) is 100 Å². The molecule has 0 aliphatic carbocycles. The lowest BCUT2D eigenvalue weighted by Crippen LogP contribution is -2.46. The molecule has 0 saturated carbocycles. The van der Waals surface area contributed by atoms with Crippen LogP contribution in [0.25, 0.3) is 33.4 Å². The number of fused-ring (bicyclic) bond motifs is 5. The number of hydrogen-bond donors (Lipinski definition) is 6. The Morgan fingerprint density at radius 2 is 1.63 bits per heavy atom. The van der Waals surface area contributed by atoms with Crippen LogP contribution in [0.4, 0.5) is 10.5 Å². The lowest BCUT2D eigenvalue weighted by Gasteiger charge is -2.28. The van der Waals surface area contributed by atoms with E-state index in [1.807, 2.05) is 82.2 Å². The molecule has 3 atom stereocenters. The lowest BCUT2D eigenvalue weighted by atomic mass is 9.95. The highest BCUT2D eigenvalue weighted by Crippen LogP contribution is 2.39. The highest BCUT2D eigenvalue weighted by molar-refractivity contribution is 7.99. The molecular formula is C66H80N12O13S2. The summed E-state index contributed by atoms with van der Waals surface area (Å²) in [7, 11) is 0. The maximum Gasteiger partial charge on any atom is 0.509 e. The van der Waals surface area contributed by atoms with Crippen LogP contribution in [0.2, 0.25) is 0 Å². The third kappa shape index (κ3) is 19.5. The molecule has 0 saturated heterocycles. The molecule has 3 aromatic heterocycles. The standard InChI is InChI=1S/C66H80N12O13S2/c1-10-41(4)92-63-71-28-45(29-72-63)43-17-19-44(20-18-43)60(82)70-31-47(76-67)30-68-38-65(5,6)39-87-26-24-66(7,8)75-57(81)37-88-36-56(80)69-32-55(79)73-46-21-15-42(16-22-46)34-90-64(85)91-59-50-27-54-58-51(33-77(54)61(83)52(50)35-89-62(59)84)48(23-25-78(40(2)3)93(9)86)49-13-11-12-14-53(49)74-58/h11-22,27-30,40-41,59,67-68H,10,23-26,31-39H2,1-9H3,(H,69,80)(H,70,82)(H,73,79)(H,75,81)/b47-30-,76-67?/t41?,59-,93?/m0/s1. The van der Waals surface area contributed by atoms with Gasteiger partial charge in [-0.1, -0.05) is 81.9 Å². The summed E-state index contributed by atoms with van der Waals surface area (Å²) >= 11 is 0.421. The number of aromatic nitrogens is 4. The van der Waals surface area contributed by atoms with Crippen molar-refractivity contribution in [2.24, 2.45) is 10.5 Å². The molecule has 93 heavy (non-hydrogen) atoms. The predicted octanol–water partition coefficient (Wildman–Crippen LogP) is 8.06. The van der Waals surface area contributed by atoms with Crippen LogP contribution >= 0.6 is 11.8 Å². The molecule has 8 rings (SSSR count). The van der Waals surface area contributed by atoms with Crippen molar-refractivity contribution < 1.29 is 57.0 Å². The second kappa shape index (κ2) is 32.3. The second-order valence-corrected chi connectivity index (χ2v) is 27.0. The zero-order valence-electron chi connectivity index (χ0n) is 53.7. The van der Waals surface area contributed by atoms with Gasteiger partial charge in [0.15, 0.2) is 5.16 Å². The number of cyclic esters (lactones) is 1.